The highest BCUT2D eigenvalue weighted by Crippen LogP contribution is 2.28. The Morgan fingerprint density at radius 3 is 2.89 bits per heavy atom. The van der Waals surface area contributed by atoms with Gasteiger partial charge in [0.25, 0.3) is 0 Å². The molecule has 2 unspecified atom stereocenters. The summed E-state index contributed by atoms with van der Waals surface area (Å²) in [6.45, 7) is 4.45. The fourth-order valence-corrected chi connectivity index (χ4v) is 3.03. The zero-order valence-corrected chi connectivity index (χ0v) is 11.3. The predicted octanol–water partition coefficient (Wildman–Crippen LogP) is 1.72. The molecule has 0 spiro atoms. The van der Waals surface area contributed by atoms with E-state index in [2.05, 4.69) is 5.32 Å². The maximum absolute atomic E-state index is 12.5. The summed E-state index contributed by atoms with van der Waals surface area (Å²) < 4.78 is 5.43. The van der Waals surface area contributed by atoms with Crippen LogP contribution in [0.1, 0.15) is 31.4 Å². The lowest BCUT2D eigenvalue weighted by molar-refractivity contribution is -0.137. The molecule has 102 valence electrons. The summed E-state index contributed by atoms with van der Waals surface area (Å²) in [5, 5.41) is 3.38. The number of carbonyl (C=O) groups is 1. The highest BCUT2D eigenvalue weighted by molar-refractivity contribution is 5.84. The lowest BCUT2D eigenvalue weighted by Gasteiger charge is -2.35. The van der Waals surface area contributed by atoms with Crippen LogP contribution >= 0.6 is 0 Å². The summed E-state index contributed by atoms with van der Waals surface area (Å²) in [6.07, 6.45) is 2.27. The molecule has 0 saturated carbocycles. The number of amides is 1. The average molecular weight is 260 g/mol. The summed E-state index contributed by atoms with van der Waals surface area (Å²) in [4.78, 5) is 14.5. The zero-order chi connectivity index (χ0) is 13.2. The van der Waals surface area contributed by atoms with E-state index in [4.69, 9.17) is 4.74 Å². The Bertz CT molecular complexity index is 458. The fraction of sp³-hybridized carbons (Fsp3) is 0.533. The van der Waals surface area contributed by atoms with Gasteiger partial charge in [0.05, 0.1) is 6.61 Å². The third-order valence-corrected chi connectivity index (χ3v) is 3.99. The lowest BCUT2D eigenvalue weighted by Crippen LogP contribution is -2.53. The zero-order valence-electron chi connectivity index (χ0n) is 11.3. The first-order valence-corrected chi connectivity index (χ1v) is 7.06. The van der Waals surface area contributed by atoms with Gasteiger partial charge in [-0.3, -0.25) is 4.79 Å². The van der Waals surface area contributed by atoms with Crippen molar-refractivity contribution in [3.63, 3.8) is 0 Å². The Morgan fingerprint density at radius 2 is 2.16 bits per heavy atom. The minimum absolute atomic E-state index is 0.190. The van der Waals surface area contributed by atoms with Crippen LogP contribution in [0, 0.1) is 0 Å². The van der Waals surface area contributed by atoms with E-state index < -0.39 is 0 Å². The van der Waals surface area contributed by atoms with Gasteiger partial charge in [-0.1, -0.05) is 12.1 Å². The quantitative estimate of drug-likeness (QED) is 0.899. The van der Waals surface area contributed by atoms with Gasteiger partial charge in [0.15, 0.2) is 0 Å². The Balaban J connectivity index is 1.76. The maximum atomic E-state index is 12.5. The molecule has 0 aliphatic carbocycles. The van der Waals surface area contributed by atoms with Gasteiger partial charge in [0, 0.05) is 19.1 Å². The predicted molar refractivity (Wildman–Crippen MR) is 73.1 cm³/mol. The second-order valence-corrected chi connectivity index (χ2v) is 5.17. The van der Waals surface area contributed by atoms with E-state index in [-0.39, 0.29) is 11.9 Å². The topological polar surface area (TPSA) is 41.6 Å². The monoisotopic (exact) mass is 260 g/mol. The van der Waals surface area contributed by atoms with Crippen molar-refractivity contribution in [3.8, 4) is 5.75 Å². The molecule has 1 aromatic carbocycles. The van der Waals surface area contributed by atoms with Crippen molar-refractivity contribution in [2.45, 2.75) is 31.8 Å². The third kappa shape index (κ3) is 2.32. The summed E-state index contributed by atoms with van der Waals surface area (Å²) >= 11 is 0. The largest absolute Gasteiger partial charge is 0.494 e. The summed E-state index contributed by atoms with van der Waals surface area (Å²) in [7, 11) is 0. The normalized spacial score (nSPS) is 26.4. The van der Waals surface area contributed by atoms with E-state index in [0.717, 1.165) is 37.2 Å². The van der Waals surface area contributed by atoms with Crippen molar-refractivity contribution in [1.29, 1.82) is 0 Å². The highest BCUT2D eigenvalue weighted by Gasteiger charge is 2.38. The van der Waals surface area contributed by atoms with Gasteiger partial charge in [-0.15, -0.1) is 0 Å². The summed E-state index contributed by atoms with van der Waals surface area (Å²) in [5.74, 6) is 1.08. The SMILES string of the molecule is CCOc1ccc(C2NCC3CCCN3C2=O)cc1. The summed E-state index contributed by atoms with van der Waals surface area (Å²) in [6, 6.07) is 8.05. The van der Waals surface area contributed by atoms with Gasteiger partial charge in [-0.25, -0.2) is 0 Å². The molecule has 2 aliphatic rings. The van der Waals surface area contributed by atoms with Crippen molar-refractivity contribution in [2.24, 2.45) is 0 Å². The second kappa shape index (κ2) is 5.21. The molecule has 0 radical (unpaired) electrons. The van der Waals surface area contributed by atoms with Crippen LogP contribution in [0.15, 0.2) is 24.3 Å². The number of benzene rings is 1. The molecule has 4 heteroatoms. The van der Waals surface area contributed by atoms with Crippen LogP contribution in [-0.2, 0) is 4.79 Å². The minimum Gasteiger partial charge on any atom is -0.494 e. The first-order valence-electron chi connectivity index (χ1n) is 7.06. The molecule has 2 atom stereocenters. The molecular formula is C15H20N2O2. The molecule has 1 amide bonds. The van der Waals surface area contributed by atoms with Gasteiger partial charge < -0.3 is 15.0 Å². The third-order valence-electron chi connectivity index (χ3n) is 3.99. The first-order chi connectivity index (χ1) is 9.29. The van der Waals surface area contributed by atoms with E-state index in [9.17, 15) is 4.79 Å². The molecule has 19 heavy (non-hydrogen) atoms. The van der Waals surface area contributed by atoms with Gasteiger partial charge in [-0.2, -0.15) is 0 Å². The standard InChI is InChI=1S/C15H20N2O2/c1-2-19-13-7-5-11(6-8-13)14-15(18)17-9-3-4-12(17)10-16-14/h5-8,12,14,16H,2-4,9-10H2,1H3. The number of carbonyl (C=O) groups excluding carboxylic acids is 1. The number of fused-ring (bicyclic) bond motifs is 1. The Labute approximate surface area is 113 Å². The van der Waals surface area contributed by atoms with E-state index >= 15 is 0 Å². The fourth-order valence-electron chi connectivity index (χ4n) is 3.03. The smallest absolute Gasteiger partial charge is 0.244 e. The molecule has 0 aromatic heterocycles. The van der Waals surface area contributed by atoms with Crippen LogP contribution in [-0.4, -0.2) is 36.5 Å². The second-order valence-electron chi connectivity index (χ2n) is 5.17. The summed E-state index contributed by atoms with van der Waals surface area (Å²) in [5.41, 5.74) is 1.03. The van der Waals surface area contributed by atoms with Crippen LogP contribution in [0.25, 0.3) is 0 Å². The van der Waals surface area contributed by atoms with Crippen LogP contribution < -0.4 is 10.1 Å². The first kappa shape index (κ1) is 12.5. The van der Waals surface area contributed by atoms with Crippen LogP contribution in [0.5, 0.6) is 5.75 Å². The van der Waals surface area contributed by atoms with Crippen molar-refractivity contribution in [3.05, 3.63) is 29.8 Å². The Morgan fingerprint density at radius 1 is 1.37 bits per heavy atom. The van der Waals surface area contributed by atoms with E-state index in [1.54, 1.807) is 0 Å². The van der Waals surface area contributed by atoms with Crippen molar-refractivity contribution in [2.75, 3.05) is 19.7 Å². The molecule has 4 nitrogen and oxygen atoms in total. The molecule has 2 saturated heterocycles. The van der Waals surface area contributed by atoms with Crippen molar-refractivity contribution >= 4 is 5.91 Å². The molecular weight excluding hydrogens is 240 g/mol. The Kier molecular flexibility index (Phi) is 3.42. The van der Waals surface area contributed by atoms with Gasteiger partial charge in [0.2, 0.25) is 5.91 Å². The number of ether oxygens (including phenoxy) is 1. The van der Waals surface area contributed by atoms with Crippen LogP contribution in [0.4, 0.5) is 0 Å². The Hall–Kier alpha value is -1.55. The van der Waals surface area contributed by atoms with Gasteiger partial charge in [0.1, 0.15) is 11.8 Å². The van der Waals surface area contributed by atoms with E-state index in [0.29, 0.717) is 12.6 Å². The highest BCUT2D eigenvalue weighted by atomic mass is 16.5. The lowest BCUT2D eigenvalue weighted by atomic mass is 10.0. The van der Waals surface area contributed by atoms with Gasteiger partial charge >= 0.3 is 0 Å². The number of nitrogens with one attached hydrogen (secondary N) is 1. The molecule has 2 fully saturated rings. The molecule has 2 aliphatic heterocycles. The number of nitrogens with zero attached hydrogens (tertiary/aromatic N) is 1. The van der Waals surface area contributed by atoms with Gasteiger partial charge in [-0.05, 0) is 37.5 Å². The average Bonchev–Trinajstić information content (AvgIpc) is 2.90. The number of hydrogen-bond donors (Lipinski definition) is 1. The van der Waals surface area contributed by atoms with E-state index in [1.807, 2.05) is 36.1 Å². The molecule has 1 N–H and O–H groups in total. The van der Waals surface area contributed by atoms with E-state index in [1.165, 1.54) is 0 Å². The molecule has 0 bridgehead atoms. The molecule has 3 rings (SSSR count). The number of piperazine rings is 1. The number of rotatable bonds is 3. The maximum Gasteiger partial charge on any atom is 0.244 e. The van der Waals surface area contributed by atoms with Crippen molar-refractivity contribution < 1.29 is 9.53 Å². The molecule has 1 aromatic rings. The van der Waals surface area contributed by atoms with Crippen molar-refractivity contribution in [1.82, 2.24) is 10.2 Å². The van der Waals surface area contributed by atoms with Crippen LogP contribution in [0.3, 0.4) is 0 Å². The van der Waals surface area contributed by atoms with Crippen LogP contribution in [0.2, 0.25) is 0 Å². The molecule has 2 heterocycles. The minimum atomic E-state index is -0.190. The number of hydrogen-bond acceptors (Lipinski definition) is 3.